The minimum atomic E-state index is 0.304. The quantitative estimate of drug-likeness (QED) is 0.866. The lowest BCUT2D eigenvalue weighted by Gasteiger charge is -2.23. The van der Waals surface area contributed by atoms with Gasteiger partial charge in [-0.3, -0.25) is 0 Å². The molecule has 2 heterocycles. The molecule has 0 aliphatic rings. The normalized spacial score (nSPS) is 11.1. The van der Waals surface area contributed by atoms with Gasteiger partial charge in [0.2, 0.25) is 5.89 Å². The van der Waals surface area contributed by atoms with E-state index in [1.54, 1.807) is 11.3 Å². The number of aromatic nitrogens is 2. The second-order valence-corrected chi connectivity index (χ2v) is 5.35. The van der Waals surface area contributed by atoms with Crippen LogP contribution < -0.4 is 10.6 Å². The monoisotopic (exact) mass is 266 g/mol. The van der Waals surface area contributed by atoms with E-state index in [0.29, 0.717) is 30.9 Å². The summed E-state index contributed by atoms with van der Waals surface area (Å²) in [5.41, 5.74) is 5.48. The molecule has 0 atom stereocenters. The summed E-state index contributed by atoms with van der Waals surface area (Å²) in [7, 11) is 0. The fraction of sp³-hybridized carbons (Fsp3) is 0.500. The van der Waals surface area contributed by atoms with Crippen LogP contribution in [0.1, 0.15) is 24.6 Å². The van der Waals surface area contributed by atoms with E-state index in [4.69, 9.17) is 10.2 Å². The lowest BCUT2D eigenvalue weighted by Crippen LogP contribution is -2.30. The third kappa shape index (κ3) is 3.08. The molecule has 2 aromatic rings. The summed E-state index contributed by atoms with van der Waals surface area (Å²) in [6.45, 7) is 5.54. The minimum Gasteiger partial charge on any atom is -0.408 e. The molecule has 0 saturated heterocycles. The summed E-state index contributed by atoms with van der Waals surface area (Å²) in [5, 5.41) is 10.2. The number of nitrogens with zero attached hydrogens (tertiary/aromatic N) is 3. The molecule has 0 amide bonds. The third-order valence-corrected chi connectivity index (χ3v) is 3.45. The number of rotatable bonds is 6. The minimum absolute atomic E-state index is 0.304. The molecule has 0 unspecified atom stereocenters. The Labute approximate surface area is 111 Å². The van der Waals surface area contributed by atoms with Crippen molar-refractivity contribution in [2.24, 2.45) is 5.73 Å². The van der Waals surface area contributed by atoms with Crippen molar-refractivity contribution in [3.05, 3.63) is 28.3 Å². The van der Waals surface area contributed by atoms with Gasteiger partial charge in [-0.25, -0.2) is 0 Å². The van der Waals surface area contributed by atoms with Gasteiger partial charge in [-0.2, -0.15) is 0 Å². The number of thiophene rings is 1. The molecule has 0 fully saturated rings. The van der Waals surface area contributed by atoms with Gasteiger partial charge in [-0.1, -0.05) is 11.2 Å². The Hall–Kier alpha value is -1.40. The molecule has 98 valence electrons. The average molecular weight is 266 g/mol. The maximum Gasteiger partial charge on any atom is 0.318 e. The van der Waals surface area contributed by atoms with Gasteiger partial charge in [-0.05, 0) is 25.3 Å². The summed E-state index contributed by atoms with van der Waals surface area (Å²) in [6, 6.07) is 5.03. The molecule has 2 N–H and O–H groups in total. The van der Waals surface area contributed by atoms with E-state index >= 15 is 0 Å². The van der Waals surface area contributed by atoms with E-state index in [9.17, 15) is 0 Å². The molecule has 2 aromatic heterocycles. The second kappa shape index (κ2) is 5.97. The number of hydrogen-bond acceptors (Lipinski definition) is 6. The standard InChI is InChI=1S/C12H18N4OS/c1-9(2)16(8-10-4-3-7-18-10)12-15-14-11(17-12)5-6-13/h3-4,7,9H,5-6,8,13H2,1-2H3. The van der Waals surface area contributed by atoms with Gasteiger partial charge in [0.05, 0.1) is 6.54 Å². The van der Waals surface area contributed by atoms with E-state index < -0.39 is 0 Å². The highest BCUT2D eigenvalue weighted by Crippen LogP contribution is 2.20. The smallest absolute Gasteiger partial charge is 0.318 e. The highest BCUT2D eigenvalue weighted by atomic mass is 32.1. The van der Waals surface area contributed by atoms with Crippen LogP contribution in [0.15, 0.2) is 21.9 Å². The molecule has 0 aromatic carbocycles. The van der Waals surface area contributed by atoms with Crippen LogP contribution in [0.5, 0.6) is 0 Å². The van der Waals surface area contributed by atoms with Gasteiger partial charge in [0.25, 0.3) is 0 Å². The van der Waals surface area contributed by atoms with Crippen molar-refractivity contribution in [3.8, 4) is 0 Å². The molecular formula is C12H18N4OS. The predicted molar refractivity (Wildman–Crippen MR) is 72.7 cm³/mol. The van der Waals surface area contributed by atoms with Crippen molar-refractivity contribution in [1.82, 2.24) is 10.2 Å². The molecule has 5 nitrogen and oxygen atoms in total. The van der Waals surface area contributed by atoms with E-state index in [2.05, 4.69) is 40.4 Å². The fourth-order valence-electron chi connectivity index (χ4n) is 1.63. The Morgan fingerprint density at radius 3 is 2.89 bits per heavy atom. The SMILES string of the molecule is CC(C)N(Cc1cccs1)c1nnc(CCN)o1. The number of hydrogen-bond donors (Lipinski definition) is 1. The van der Waals surface area contributed by atoms with Gasteiger partial charge in [0.1, 0.15) is 0 Å². The van der Waals surface area contributed by atoms with Crippen LogP contribution in [-0.4, -0.2) is 22.8 Å². The highest BCUT2D eigenvalue weighted by molar-refractivity contribution is 7.09. The molecule has 0 bridgehead atoms. The van der Waals surface area contributed by atoms with Crippen molar-refractivity contribution in [2.45, 2.75) is 32.9 Å². The van der Waals surface area contributed by atoms with Crippen LogP contribution in [0, 0.1) is 0 Å². The Balaban J connectivity index is 2.13. The Bertz CT molecular complexity index is 466. The first-order valence-corrected chi connectivity index (χ1v) is 6.90. The summed E-state index contributed by atoms with van der Waals surface area (Å²) < 4.78 is 5.62. The number of anilines is 1. The van der Waals surface area contributed by atoms with Crippen LogP contribution in [-0.2, 0) is 13.0 Å². The van der Waals surface area contributed by atoms with Crippen LogP contribution in [0.2, 0.25) is 0 Å². The number of nitrogens with two attached hydrogens (primary N) is 1. The zero-order valence-corrected chi connectivity index (χ0v) is 11.5. The summed E-state index contributed by atoms with van der Waals surface area (Å²) in [6.07, 6.45) is 0.623. The van der Waals surface area contributed by atoms with Crippen molar-refractivity contribution in [2.75, 3.05) is 11.4 Å². The maximum absolute atomic E-state index is 5.62. The maximum atomic E-state index is 5.62. The molecule has 0 saturated carbocycles. The summed E-state index contributed by atoms with van der Waals surface area (Å²) in [5.74, 6) is 0.601. The van der Waals surface area contributed by atoms with Gasteiger partial charge in [-0.15, -0.1) is 16.4 Å². The zero-order chi connectivity index (χ0) is 13.0. The Morgan fingerprint density at radius 1 is 1.44 bits per heavy atom. The lowest BCUT2D eigenvalue weighted by molar-refractivity contribution is 0.470. The van der Waals surface area contributed by atoms with Crippen LogP contribution in [0.4, 0.5) is 6.01 Å². The lowest BCUT2D eigenvalue weighted by atomic mass is 10.3. The highest BCUT2D eigenvalue weighted by Gasteiger charge is 2.18. The van der Waals surface area contributed by atoms with Gasteiger partial charge in [0, 0.05) is 23.9 Å². The van der Waals surface area contributed by atoms with Gasteiger partial charge < -0.3 is 15.1 Å². The molecule has 18 heavy (non-hydrogen) atoms. The van der Waals surface area contributed by atoms with E-state index in [0.717, 1.165) is 6.54 Å². The first-order valence-electron chi connectivity index (χ1n) is 6.02. The molecule has 6 heteroatoms. The largest absolute Gasteiger partial charge is 0.408 e. The fourth-order valence-corrected chi connectivity index (χ4v) is 2.33. The van der Waals surface area contributed by atoms with E-state index in [-0.39, 0.29) is 0 Å². The zero-order valence-electron chi connectivity index (χ0n) is 10.7. The van der Waals surface area contributed by atoms with E-state index in [1.807, 2.05) is 6.07 Å². The van der Waals surface area contributed by atoms with Crippen molar-refractivity contribution in [3.63, 3.8) is 0 Å². The summed E-state index contributed by atoms with van der Waals surface area (Å²) >= 11 is 1.73. The van der Waals surface area contributed by atoms with Gasteiger partial charge in [0.15, 0.2) is 0 Å². The molecule has 2 rings (SSSR count). The molecule has 0 aliphatic heterocycles. The van der Waals surface area contributed by atoms with Crippen LogP contribution >= 0.6 is 11.3 Å². The van der Waals surface area contributed by atoms with Crippen molar-refractivity contribution >= 4 is 17.4 Å². The first-order chi connectivity index (χ1) is 8.70. The predicted octanol–water partition coefficient (Wildman–Crippen LogP) is 2.05. The second-order valence-electron chi connectivity index (χ2n) is 4.32. The van der Waals surface area contributed by atoms with Crippen molar-refractivity contribution < 1.29 is 4.42 Å². The summed E-state index contributed by atoms with van der Waals surface area (Å²) in [4.78, 5) is 3.38. The topological polar surface area (TPSA) is 68.2 Å². The molecular weight excluding hydrogens is 248 g/mol. The Kier molecular flexibility index (Phi) is 4.33. The molecule has 0 spiro atoms. The van der Waals surface area contributed by atoms with Crippen LogP contribution in [0.3, 0.4) is 0 Å². The average Bonchev–Trinajstić information content (AvgIpc) is 2.96. The third-order valence-electron chi connectivity index (χ3n) is 2.59. The van der Waals surface area contributed by atoms with Crippen LogP contribution in [0.25, 0.3) is 0 Å². The van der Waals surface area contributed by atoms with Crippen molar-refractivity contribution in [1.29, 1.82) is 0 Å². The Morgan fingerprint density at radius 2 is 2.28 bits per heavy atom. The first kappa shape index (κ1) is 13.0. The molecule has 0 radical (unpaired) electrons. The van der Waals surface area contributed by atoms with Gasteiger partial charge >= 0.3 is 6.01 Å². The molecule has 0 aliphatic carbocycles. The van der Waals surface area contributed by atoms with E-state index in [1.165, 1.54) is 4.88 Å².